The van der Waals surface area contributed by atoms with E-state index in [1.165, 1.54) is 0 Å². The van der Waals surface area contributed by atoms with Crippen molar-refractivity contribution in [2.45, 2.75) is 13.2 Å². The topological polar surface area (TPSA) is 53.4 Å². The summed E-state index contributed by atoms with van der Waals surface area (Å²) in [6, 6.07) is 3.37. The third-order valence-corrected chi connectivity index (χ3v) is 1.23. The molecule has 2 N–H and O–H groups in total. The highest BCUT2D eigenvalue weighted by molar-refractivity contribution is 5.85. The molecule has 3 nitrogen and oxygen atoms in total. The lowest BCUT2D eigenvalue weighted by Crippen LogP contribution is -1.91. The van der Waals surface area contributed by atoms with Crippen LogP contribution in [0, 0.1) is 0 Å². The van der Waals surface area contributed by atoms with Gasteiger partial charge in [0.1, 0.15) is 0 Å². The Kier molecular flexibility index (Phi) is 4.77. The van der Waals surface area contributed by atoms with Crippen LogP contribution < -0.4 is 0 Å². The molecule has 1 aromatic heterocycles. The monoisotopic (exact) mass is 175 g/mol. The summed E-state index contributed by atoms with van der Waals surface area (Å²) in [6.07, 6.45) is 1.57. The van der Waals surface area contributed by atoms with Gasteiger partial charge in [0.15, 0.2) is 0 Å². The van der Waals surface area contributed by atoms with E-state index in [2.05, 4.69) is 4.98 Å². The molecule has 0 aliphatic heterocycles. The third-order valence-electron chi connectivity index (χ3n) is 1.23. The quantitative estimate of drug-likeness (QED) is 0.688. The van der Waals surface area contributed by atoms with E-state index < -0.39 is 0 Å². The van der Waals surface area contributed by atoms with Gasteiger partial charge in [-0.05, 0) is 17.7 Å². The van der Waals surface area contributed by atoms with Crippen molar-refractivity contribution in [3.63, 3.8) is 0 Å². The normalized spacial score (nSPS) is 8.91. The number of rotatable bonds is 2. The van der Waals surface area contributed by atoms with Gasteiger partial charge in [-0.3, -0.25) is 4.98 Å². The van der Waals surface area contributed by atoms with Gasteiger partial charge in [0, 0.05) is 6.20 Å². The zero-order valence-corrected chi connectivity index (χ0v) is 6.71. The second-order valence-electron chi connectivity index (χ2n) is 1.97. The minimum absolute atomic E-state index is 0. The van der Waals surface area contributed by atoms with Crippen molar-refractivity contribution < 1.29 is 10.2 Å². The second-order valence-corrected chi connectivity index (χ2v) is 1.97. The van der Waals surface area contributed by atoms with Gasteiger partial charge in [-0.1, -0.05) is 0 Å². The fourth-order valence-corrected chi connectivity index (χ4v) is 0.713. The first kappa shape index (κ1) is 10.4. The molecule has 0 saturated carbocycles. The van der Waals surface area contributed by atoms with Crippen molar-refractivity contribution in [3.8, 4) is 0 Å². The van der Waals surface area contributed by atoms with Crippen LogP contribution in [0.15, 0.2) is 18.3 Å². The van der Waals surface area contributed by atoms with Crippen molar-refractivity contribution in [1.82, 2.24) is 4.98 Å². The number of nitrogens with zero attached hydrogens (tertiary/aromatic N) is 1. The Morgan fingerprint density at radius 2 is 2.00 bits per heavy atom. The fourth-order valence-electron chi connectivity index (χ4n) is 0.713. The molecule has 0 spiro atoms. The van der Waals surface area contributed by atoms with Crippen LogP contribution >= 0.6 is 12.4 Å². The van der Waals surface area contributed by atoms with Crippen LogP contribution in [0.1, 0.15) is 11.3 Å². The minimum atomic E-state index is -0.0756. The molecule has 62 valence electrons. The highest BCUT2D eigenvalue weighted by atomic mass is 35.5. The van der Waals surface area contributed by atoms with Crippen LogP contribution in [0.2, 0.25) is 0 Å². The largest absolute Gasteiger partial charge is 0.392 e. The highest BCUT2D eigenvalue weighted by Crippen LogP contribution is 2.00. The van der Waals surface area contributed by atoms with E-state index in [9.17, 15) is 0 Å². The lowest BCUT2D eigenvalue weighted by Gasteiger charge is -1.96. The summed E-state index contributed by atoms with van der Waals surface area (Å²) in [6.45, 7) is -0.0800. The number of aromatic nitrogens is 1. The summed E-state index contributed by atoms with van der Waals surface area (Å²) in [7, 11) is 0. The molecule has 0 aliphatic rings. The maximum absolute atomic E-state index is 8.65. The van der Waals surface area contributed by atoms with Crippen molar-refractivity contribution in [2.24, 2.45) is 0 Å². The standard InChI is InChI=1S/C7H9NO2.ClH/c9-4-6-1-2-8-7(3-6)5-10;/h1-3,9-10H,4-5H2;1H. The lowest BCUT2D eigenvalue weighted by molar-refractivity contribution is 0.271. The van der Waals surface area contributed by atoms with Gasteiger partial charge in [0.2, 0.25) is 0 Å². The molecular formula is C7H10ClNO2. The lowest BCUT2D eigenvalue weighted by atomic mass is 10.2. The number of hydrogen-bond acceptors (Lipinski definition) is 3. The molecule has 0 fully saturated rings. The molecule has 0 radical (unpaired) electrons. The molecule has 11 heavy (non-hydrogen) atoms. The first-order valence-electron chi connectivity index (χ1n) is 3.02. The van der Waals surface area contributed by atoms with E-state index in [1.807, 2.05) is 0 Å². The first-order valence-corrected chi connectivity index (χ1v) is 3.02. The number of pyridine rings is 1. The molecule has 0 amide bonds. The highest BCUT2D eigenvalue weighted by Gasteiger charge is 1.92. The van der Waals surface area contributed by atoms with Gasteiger partial charge in [0.25, 0.3) is 0 Å². The summed E-state index contributed by atoms with van der Waals surface area (Å²) in [5.74, 6) is 0. The van der Waals surface area contributed by atoms with Gasteiger partial charge in [-0.2, -0.15) is 0 Å². The molecule has 1 aromatic rings. The van der Waals surface area contributed by atoms with Crippen LogP contribution in [-0.2, 0) is 13.2 Å². The van der Waals surface area contributed by atoms with E-state index in [0.29, 0.717) is 5.69 Å². The Hall–Kier alpha value is -0.640. The van der Waals surface area contributed by atoms with E-state index in [-0.39, 0.29) is 25.6 Å². The Bertz CT molecular complexity index is 198. The minimum Gasteiger partial charge on any atom is -0.392 e. The smallest absolute Gasteiger partial charge is 0.0853 e. The number of halogens is 1. The summed E-state index contributed by atoms with van der Waals surface area (Å²) in [4.78, 5) is 3.84. The Labute approximate surface area is 71.1 Å². The summed E-state index contributed by atoms with van der Waals surface area (Å²) in [5.41, 5.74) is 1.37. The van der Waals surface area contributed by atoms with Gasteiger partial charge in [-0.15, -0.1) is 12.4 Å². The van der Waals surface area contributed by atoms with Crippen LogP contribution in [0.4, 0.5) is 0 Å². The van der Waals surface area contributed by atoms with Crippen molar-refractivity contribution in [2.75, 3.05) is 0 Å². The molecule has 0 aliphatic carbocycles. The van der Waals surface area contributed by atoms with E-state index in [4.69, 9.17) is 10.2 Å². The molecule has 0 saturated heterocycles. The maximum Gasteiger partial charge on any atom is 0.0853 e. The van der Waals surface area contributed by atoms with Gasteiger partial charge in [-0.25, -0.2) is 0 Å². The molecular weight excluding hydrogens is 166 g/mol. The number of aliphatic hydroxyl groups excluding tert-OH is 2. The summed E-state index contributed by atoms with van der Waals surface area (Å²) in [5, 5.41) is 17.3. The zero-order valence-electron chi connectivity index (χ0n) is 5.90. The Morgan fingerprint density at radius 3 is 2.55 bits per heavy atom. The predicted octanol–water partition coefficient (Wildman–Crippen LogP) is 0.488. The van der Waals surface area contributed by atoms with Crippen LogP contribution in [0.3, 0.4) is 0 Å². The molecule has 1 heterocycles. The van der Waals surface area contributed by atoms with E-state index in [1.54, 1.807) is 18.3 Å². The van der Waals surface area contributed by atoms with E-state index in [0.717, 1.165) is 5.56 Å². The fraction of sp³-hybridized carbons (Fsp3) is 0.286. The Balaban J connectivity index is 0.000001000. The molecule has 0 bridgehead atoms. The molecule has 4 heteroatoms. The summed E-state index contributed by atoms with van der Waals surface area (Å²) >= 11 is 0. The molecule has 0 atom stereocenters. The van der Waals surface area contributed by atoms with Crippen LogP contribution in [0.25, 0.3) is 0 Å². The van der Waals surface area contributed by atoms with Crippen LogP contribution in [0.5, 0.6) is 0 Å². The average Bonchev–Trinajstić information content (AvgIpc) is 2.05. The Morgan fingerprint density at radius 1 is 1.27 bits per heavy atom. The van der Waals surface area contributed by atoms with E-state index >= 15 is 0 Å². The third kappa shape index (κ3) is 2.84. The predicted molar refractivity (Wildman–Crippen MR) is 43.3 cm³/mol. The van der Waals surface area contributed by atoms with Gasteiger partial charge < -0.3 is 10.2 Å². The van der Waals surface area contributed by atoms with Crippen LogP contribution in [-0.4, -0.2) is 15.2 Å². The zero-order chi connectivity index (χ0) is 7.40. The molecule has 0 unspecified atom stereocenters. The number of hydrogen-bond donors (Lipinski definition) is 2. The first-order chi connectivity index (χ1) is 4.86. The van der Waals surface area contributed by atoms with Crippen molar-refractivity contribution >= 4 is 12.4 Å². The van der Waals surface area contributed by atoms with Gasteiger partial charge >= 0.3 is 0 Å². The van der Waals surface area contributed by atoms with Crippen molar-refractivity contribution in [3.05, 3.63) is 29.6 Å². The SMILES string of the molecule is Cl.OCc1ccnc(CO)c1. The number of aliphatic hydroxyl groups is 2. The maximum atomic E-state index is 8.65. The molecule has 0 aromatic carbocycles. The molecule has 1 rings (SSSR count). The summed E-state index contributed by atoms with van der Waals surface area (Å²) < 4.78 is 0. The second kappa shape index (κ2) is 5.07. The van der Waals surface area contributed by atoms with Crippen molar-refractivity contribution in [1.29, 1.82) is 0 Å². The van der Waals surface area contributed by atoms with Gasteiger partial charge in [0.05, 0.1) is 18.9 Å². The average molecular weight is 176 g/mol.